The Hall–Kier alpha value is -3.06. The molecule has 2 heterocycles. The maximum absolute atomic E-state index is 14.7. The van der Waals surface area contributed by atoms with Crippen LogP contribution in [0.3, 0.4) is 0 Å². The zero-order valence-corrected chi connectivity index (χ0v) is 18.2. The van der Waals surface area contributed by atoms with Gasteiger partial charge in [0.25, 0.3) is 5.91 Å². The van der Waals surface area contributed by atoms with Crippen LogP contribution < -0.4 is 0 Å². The summed E-state index contributed by atoms with van der Waals surface area (Å²) in [6, 6.07) is 15.2. The van der Waals surface area contributed by atoms with Crippen molar-refractivity contribution < 1.29 is 18.7 Å². The van der Waals surface area contributed by atoms with E-state index in [1.54, 1.807) is 25.1 Å². The van der Waals surface area contributed by atoms with Gasteiger partial charge in [-0.05, 0) is 37.9 Å². The van der Waals surface area contributed by atoms with Crippen LogP contribution in [-0.2, 0) is 14.3 Å². The Kier molecular flexibility index (Phi) is 6.95. The Morgan fingerprint density at radius 3 is 2.59 bits per heavy atom. The van der Waals surface area contributed by atoms with Gasteiger partial charge in [-0.1, -0.05) is 55.0 Å². The molecule has 2 aromatic carbocycles. The maximum atomic E-state index is 14.7. The summed E-state index contributed by atoms with van der Waals surface area (Å²) in [6.07, 6.45) is 2.93. The molecule has 2 aliphatic heterocycles. The number of carbonyl (C=O) groups is 2. The van der Waals surface area contributed by atoms with Crippen molar-refractivity contribution in [2.45, 2.75) is 44.7 Å². The van der Waals surface area contributed by atoms with Gasteiger partial charge in [0.05, 0.1) is 24.9 Å². The highest BCUT2D eigenvalue weighted by Gasteiger charge is 2.37. The molecule has 2 atom stereocenters. The molecule has 0 bridgehead atoms. The summed E-state index contributed by atoms with van der Waals surface area (Å²) in [6.45, 7) is 2.77. The third-order valence-electron chi connectivity index (χ3n) is 6.05. The van der Waals surface area contributed by atoms with Crippen molar-refractivity contribution in [3.05, 3.63) is 71.5 Å². The van der Waals surface area contributed by atoms with Gasteiger partial charge in [0.15, 0.2) is 0 Å². The van der Waals surface area contributed by atoms with E-state index in [4.69, 9.17) is 4.74 Å². The van der Waals surface area contributed by atoms with E-state index in [-0.39, 0.29) is 24.2 Å². The first-order valence-electron chi connectivity index (χ1n) is 11.2. The molecular weight excluding hydrogens is 409 g/mol. The molecule has 0 N–H and O–H groups in total. The molecule has 0 aliphatic carbocycles. The van der Waals surface area contributed by atoms with Crippen molar-refractivity contribution in [3.8, 4) is 0 Å². The molecule has 0 spiro atoms. The van der Waals surface area contributed by atoms with Crippen LogP contribution in [-0.4, -0.2) is 53.2 Å². The Balaban J connectivity index is 1.60. The molecule has 2 aliphatic rings. The average molecular weight is 438 g/mol. The SMILES string of the molecule is CCOC(=O)C1CCCCN1CC(=O)N1N=C(c2ccccc2)CC1c1ccccc1F. The first-order valence-corrected chi connectivity index (χ1v) is 11.2. The Morgan fingerprint density at radius 2 is 1.84 bits per heavy atom. The van der Waals surface area contributed by atoms with E-state index in [2.05, 4.69) is 5.10 Å². The molecular formula is C25H28FN3O3. The Morgan fingerprint density at radius 1 is 1.09 bits per heavy atom. The first kappa shape index (κ1) is 22.1. The van der Waals surface area contributed by atoms with E-state index in [0.717, 1.165) is 24.1 Å². The minimum atomic E-state index is -0.523. The first-order chi connectivity index (χ1) is 15.6. The van der Waals surface area contributed by atoms with Crippen LogP contribution in [0, 0.1) is 5.82 Å². The smallest absolute Gasteiger partial charge is 0.323 e. The van der Waals surface area contributed by atoms with Crippen molar-refractivity contribution in [2.75, 3.05) is 19.7 Å². The summed E-state index contributed by atoms with van der Waals surface area (Å²) in [7, 11) is 0. The highest BCUT2D eigenvalue weighted by Crippen LogP contribution is 2.34. The Bertz CT molecular complexity index is 995. The molecule has 1 fully saturated rings. The fourth-order valence-electron chi connectivity index (χ4n) is 4.46. The molecule has 168 valence electrons. The summed E-state index contributed by atoms with van der Waals surface area (Å²) in [5.41, 5.74) is 2.09. The maximum Gasteiger partial charge on any atom is 0.323 e. The van der Waals surface area contributed by atoms with E-state index in [9.17, 15) is 14.0 Å². The van der Waals surface area contributed by atoms with Crippen LogP contribution in [0.4, 0.5) is 4.39 Å². The second kappa shape index (κ2) is 10.0. The van der Waals surface area contributed by atoms with E-state index in [0.29, 0.717) is 31.6 Å². The fraction of sp³-hybridized carbons (Fsp3) is 0.400. The molecule has 2 unspecified atom stereocenters. The minimum Gasteiger partial charge on any atom is -0.465 e. The van der Waals surface area contributed by atoms with Crippen molar-refractivity contribution in [1.29, 1.82) is 0 Å². The molecule has 7 heteroatoms. The van der Waals surface area contributed by atoms with Crippen LogP contribution >= 0.6 is 0 Å². The van der Waals surface area contributed by atoms with Crippen LogP contribution in [0.15, 0.2) is 59.7 Å². The van der Waals surface area contributed by atoms with Crippen molar-refractivity contribution in [1.82, 2.24) is 9.91 Å². The number of hydrogen-bond acceptors (Lipinski definition) is 5. The monoisotopic (exact) mass is 437 g/mol. The number of rotatable bonds is 6. The van der Waals surface area contributed by atoms with Gasteiger partial charge in [-0.3, -0.25) is 14.5 Å². The van der Waals surface area contributed by atoms with Gasteiger partial charge in [-0.25, -0.2) is 9.40 Å². The van der Waals surface area contributed by atoms with Gasteiger partial charge in [0, 0.05) is 12.0 Å². The van der Waals surface area contributed by atoms with Crippen molar-refractivity contribution in [3.63, 3.8) is 0 Å². The predicted octanol–water partition coefficient (Wildman–Crippen LogP) is 3.92. The minimum absolute atomic E-state index is 0.0417. The van der Waals surface area contributed by atoms with Crippen LogP contribution in [0.1, 0.15) is 49.8 Å². The molecule has 4 rings (SSSR count). The predicted molar refractivity (Wildman–Crippen MR) is 119 cm³/mol. The van der Waals surface area contributed by atoms with E-state index < -0.39 is 12.1 Å². The molecule has 0 saturated carbocycles. The number of halogens is 1. The molecule has 0 aromatic heterocycles. The number of likely N-dealkylation sites (tertiary alicyclic amines) is 1. The number of benzene rings is 2. The second-order valence-corrected chi connectivity index (χ2v) is 8.13. The Labute approximate surface area is 187 Å². The lowest BCUT2D eigenvalue weighted by atomic mass is 9.98. The van der Waals surface area contributed by atoms with Gasteiger partial charge >= 0.3 is 5.97 Å². The van der Waals surface area contributed by atoms with Crippen molar-refractivity contribution >= 4 is 17.6 Å². The van der Waals surface area contributed by atoms with Gasteiger partial charge in [0.1, 0.15) is 11.9 Å². The number of nitrogens with zero attached hydrogens (tertiary/aromatic N) is 3. The highest BCUT2D eigenvalue weighted by atomic mass is 19.1. The van der Waals surface area contributed by atoms with Gasteiger partial charge in [-0.2, -0.15) is 5.10 Å². The summed E-state index contributed by atoms with van der Waals surface area (Å²) in [5.74, 6) is -0.900. The van der Waals surface area contributed by atoms with Gasteiger partial charge in [0.2, 0.25) is 0 Å². The van der Waals surface area contributed by atoms with Gasteiger partial charge < -0.3 is 4.74 Å². The normalized spacial score (nSPS) is 21.3. The lowest BCUT2D eigenvalue weighted by molar-refractivity contribution is -0.152. The van der Waals surface area contributed by atoms with Crippen molar-refractivity contribution in [2.24, 2.45) is 5.10 Å². The second-order valence-electron chi connectivity index (χ2n) is 8.13. The number of esters is 1. The molecule has 1 saturated heterocycles. The lowest BCUT2D eigenvalue weighted by Gasteiger charge is -2.34. The third kappa shape index (κ3) is 4.72. The zero-order valence-electron chi connectivity index (χ0n) is 18.2. The number of ether oxygens (including phenoxy) is 1. The van der Waals surface area contributed by atoms with Gasteiger partial charge in [-0.15, -0.1) is 0 Å². The molecule has 2 aromatic rings. The summed E-state index contributed by atoms with van der Waals surface area (Å²) in [4.78, 5) is 27.7. The van der Waals surface area contributed by atoms with Crippen LogP contribution in [0.25, 0.3) is 0 Å². The molecule has 1 amide bonds. The lowest BCUT2D eigenvalue weighted by Crippen LogP contribution is -2.49. The number of amides is 1. The third-order valence-corrected chi connectivity index (χ3v) is 6.05. The quantitative estimate of drug-likeness (QED) is 0.643. The van der Waals surface area contributed by atoms with E-state index in [1.165, 1.54) is 11.1 Å². The van der Waals surface area contributed by atoms with E-state index in [1.807, 2.05) is 35.2 Å². The van der Waals surface area contributed by atoms with Crippen LogP contribution in [0.5, 0.6) is 0 Å². The van der Waals surface area contributed by atoms with Crippen LogP contribution in [0.2, 0.25) is 0 Å². The average Bonchev–Trinajstić information content (AvgIpc) is 3.26. The summed E-state index contributed by atoms with van der Waals surface area (Å²) < 4.78 is 19.9. The number of hydrazone groups is 1. The number of hydrogen-bond donors (Lipinski definition) is 0. The standard InChI is InChI=1S/C25H28FN3O3/c1-2-32-25(31)22-14-8-9-15-28(22)17-24(30)29-23(19-12-6-7-13-20(19)26)16-21(27-29)18-10-4-3-5-11-18/h3-7,10-13,22-23H,2,8-9,14-17H2,1H3. The molecule has 0 radical (unpaired) electrons. The molecule has 6 nitrogen and oxygen atoms in total. The zero-order chi connectivity index (χ0) is 22.5. The molecule has 32 heavy (non-hydrogen) atoms. The summed E-state index contributed by atoms with van der Waals surface area (Å²) in [5, 5.41) is 6.02. The summed E-state index contributed by atoms with van der Waals surface area (Å²) >= 11 is 0. The highest BCUT2D eigenvalue weighted by molar-refractivity contribution is 6.03. The largest absolute Gasteiger partial charge is 0.465 e. The topological polar surface area (TPSA) is 62.2 Å². The fourth-order valence-corrected chi connectivity index (χ4v) is 4.46. The number of carbonyl (C=O) groups excluding carboxylic acids is 2. The van der Waals surface area contributed by atoms with E-state index >= 15 is 0 Å². The number of piperidine rings is 1.